The standard InChI is InChI=1S/C23H32O8S2/c1-3-4-18-19(6-5-17(15(2)24)22(18)29)30-11-12-32-14-16-13-31-23(33-16,9-7-20(25)26)10-8-21(27)28/h5-6,16,29H,3-4,7-14H2,1-2H3,(H,25,26)(H,27,28). The Morgan fingerprint density at radius 3 is 2.45 bits per heavy atom. The summed E-state index contributed by atoms with van der Waals surface area (Å²) in [7, 11) is 0. The molecule has 0 saturated carbocycles. The molecule has 1 heterocycles. The summed E-state index contributed by atoms with van der Waals surface area (Å²) >= 11 is 3.21. The Morgan fingerprint density at radius 2 is 1.88 bits per heavy atom. The lowest BCUT2D eigenvalue weighted by Gasteiger charge is -2.26. The number of Topliss-reactive ketones (excluding diaryl/α,β-unsaturated/α-hetero) is 1. The number of thioether (sulfide) groups is 2. The number of phenolic OH excluding ortho intramolecular Hbond substituents is 1. The van der Waals surface area contributed by atoms with Crippen molar-refractivity contribution < 1.29 is 39.2 Å². The number of hydrogen-bond donors (Lipinski definition) is 3. The Labute approximate surface area is 202 Å². The highest BCUT2D eigenvalue weighted by molar-refractivity contribution is 8.04. The number of phenols is 1. The van der Waals surface area contributed by atoms with E-state index in [9.17, 15) is 19.5 Å². The van der Waals surface area contributed by atoms with Gasteiger partial charge in [-0.25, -0.2) is 0 Å². The molecule has 1 unspecified atom stereocenters. The highest BCUT2D eigenvalue weighted by atomic mass is 32.2. The SMILES string of the molecule is CCCc1c(OCCSCC2COC(CCC(=O)O)(CCC(=O)O)S2)ccc(C(C)=O)c1O. The number of rotatable bonds is 15. The van der Waals surface area contributed by atoms with Crippen LogP contribution in [0.1, 0.15) is 61.9 Å². The lowest BCUT2D eigenvalue weighted by atomic mass is 10.0. The average Bonchev–Trinajstić information content (AvgIpc) is 3.16. The number of carbonyl (C=O) groups excluding carboxylic acids is 1. The van der Waals surface area contributed by atoms with Crippen LogP contribution in [0.25, 0.3) is 0 Å². The van der Waals surface area contributed by atoms with Gasteiger partial charge in [-0.2, -0.15) is 11.8 Å². The van der Waals surface area contributed by atoms with E-state index >= 15 is 0 Å². The van der Waals surface area contributed by atoms with Gasteiger partial charge < -0.3 is 24.8 Å². The van der Waals surface area contributed by atoms with Crippen LogP contribution in [-0.4, -0.2) is 67.9 Å². The molecular weight excluding hydrogens is 468 g/mol. The molecule has 8 nitrogen and oxygen atoms in total. The van der Waals surface area contributed by atoms with E-state index in [1.54, 1.807) is 23.9 Å². The fourth-order valence-electron chi connectivity index (χ4n) is 3.63. The number of ether oxygens (including phenoxy) is 2. The molecule has 1 atom stereocenters. The molecule has 1 saturated heterocycles. The zero-order valence-electron chi connectivity index (χ0n) is 19.0. The number of carboxylic acids is 2. The molecule has 2 rings (SSSR count). The molecule has 33 heavy (non-hydrogen) atoms. The van der Waals surface area contributed by atoms with Crippen molar-refractivity contribution in [3.05, 3.63) is 23.3 Å². The van der Waals surface area contributed by atoms with E-state index < -0.39 is 16.9 Å². The Morgan fingerprint density at radius 1 is 1.21 bits per heavy atom. The molecule has 184 valence electrons. The molecule has 1 aromatic carbocycles. The summed E-state index contributed by atoms with van der Waals surface area (Å²) < 4.78 is 11.8. The van der Waals surface area contributed by atoms with Crippen LogP contribution in [0.3, 0.4) is 0 Å². The fraction of sp³-hybridized carbons (Fsp3) is 0.609. The first-order valence-electron chi connectivity index (χ1n) is 11.0. The van der Waals surface area contributed by atoms with Crippen molar-refractivity contribution in [2.24, 2.45) is 0 Å². The van der Waals surface area contributed by atoms with Crippen molar-refractivity contribution in [2.45, 2.75) is 62.6 Å². The first-order chi connectivity index (χ1) is 15.7. The van der Waals surface area contributed by atoms with Crippen molar-refractivity contribution in [3.8, 4) is 11.5 Å². The number of benzene rings is 1. The predicted octanol–water partition coefficient (Wildman–Crippen LogP) is 4.22. The Balaban J connectivity index is 1.84. The second-order valence-corrected chi connectivity index (χ2v) is 10.7. The van der Waals surface area contributed by atoms with Gasteiger partial charge in [0.1, 0.15) is 16.4 Å². The zero-order valence-corrected chi connectivity index (χ0v) is 20.6. The largest absolute Gasteiger partial charge is 0.507 e. The third kappa shape index (κ3) is 8.42. The van der Waals surface area contributed by atoms with Crippen LogP contribution >= 0.6 is 23.5 Å². The molecule has 3 N–H and O–H groups in total. The van der Waals surface area contributed by atoms with E-state index in [1.807, 2.05) is 6.92 Å². The smallest absolute Gasteiger partial charge is 0.303 e. The van der Waals surface area contributed by atoms with E-state index in [1.165, 1.54) is 18.7 Å². The second-order valence-electron chi connectivity index (χ2n) is 7.92. The van der Waals surface area contributed by atoms with Crippen LogP contribution in [0.15, 0.2) is 12.1 Å². The lowest BCUT2D eigenvalue weighted by molar-refractivity contribution is -0.138. The molecule has 0 aromatic heterocycles. The third-order valence-electron chi connectivity index (χ3n) is 5.26. The van der Waals surface area contributed by atoms with E-state index in [2.05, 4.69) is 0 Å². The average molecular weight is 501 g/mol. The molecule has 0 bridgehead atoms. The van der Waals surface area contributed by atoms with Crippen molar-refractivity contribution >= 4 is 41.2 Å². The van der Waals surface area contributed by atoms with Gasteiger partial charge >= 0.3 is 11.9 Å². The zero-order chi connectivity index (χ0) is 24.4. The Kier molecular flexibility index (Phi) is 10.9. The van der Waals surface area contributed by atoms with E-state index in [4.69, 9.17) is 19.7 Å². The molecule has 1 aliphatic heterocycles. The molecule has 0 spiro atoms. The Hall–Kier alpha value is -1.91. The van der Waals surface area contributed by atoms with Crippen LogP contribution in [0.2, 0.25) is 0 Å². The third-order valence-corrected chi connectivity index (χ3v) is 8.16. The van der Waals surface area contributed by atoms with Gasteiger partial charge in [0.05, 0.1) is 18.8 Å². The maximum Gasteiger partial charge on any atom is 0.303 e. The van der Waals surface area contributed by atoms with E-state index in [0.717, 1.165) is 12.2 Å². The highest BCUT2D eigenvalue weighted by Gasteiger charge is 2.41. The summed E-state index contributed by atoms with van der Waals surface area (Å²) in [5.41, 5.74) is 0.948. The molecular formula is C23H32O8S2. The fourth-order valence-corrected chi connectivity index (χ4v) is 6.24. The van der Waals surface area contributed by atoms with Gasteiger partial charge in [0.25, 0.3) is 0 Å². The number of ketones is 1. The Bertz CT molecular complexity index is 824. The van der Waals surface area contributed by atoms with Gasteiger partial charge in [-0.05, 0) is 38.3 Å². The van der Waals surface area contributed by atoms with Gasteiger partial charge in [0.15, 0.2) is 5.78 Å². The van der Waals surface area contributed by atoms with Gasteiger partial charge in [-0.3, -0.25) is 14.4 Å². The minimum Gasteiger partial charge on any atom is -0.507 e. The number of carboxylic acid groups (broad SMARTS) is 2. The van der Waals surface area contributed by atoms with Crippen LogP contribution in [0.4, 0.5) is 0 Å². The van der Waals surface area contributed by atoms with Crippen molar-refractivity contribution in [2.75, 3.05) is 24.7 Å². The minimum atomic E-state index is -0.923. The second kappa shape index (κ2) is 13.1. The predicted molar refractivity (Wildman–Crippen MR) is 129 cm³/mol. The summed E-state index contributed by atoms with van der Waals surface area (Å²) in [6.07, 6.45) is 1.87. The summed E-state index contributed by atoms with van der Waals surface area (Å²) in [6.45, 7) is 4.30. The van der Waals surface area contributed by atoms with Crippen LogP contribution in [-0.2, 0) is 20.7 Å². The first kappa shape index (κ1) is 27.3. The number of hydrogen-bond acceptors (Lipinski definition) is 8. The molecule has 1 aliphatic rings. The van der Waals surface area contributed by atoms with E-state index in [0.29, 0.717) is 42.3 Å². The van der Waals surface area contributed by atoms with Gasteiger partial charge in [-0.15, -0.1) is 11.8 Å². The van der Waals surface area contributed by atoms with Gasteiger partial charge in [-0.1, -0.05) is 13.3 Å². The summed E-state index contributed by atoms with van der Waals surface area (Å²) in [4.78, 5) is 32.9. The van der Waals surface area contributed by atoms with Crippen LogP contribution in [0, 0.1) is 0 Å². The molecule has 1 aromatic rings. The van der Waals surface area contributed by atoms with Gasteiger partial charge in [0.2, 0.25) is 0 Å². The van der Waals surface area contributed by atoms with Crippen molar-refractivity contribution in [1.82, 2.24) is 0 Å². The molecule has 1 fully saturated rings. The van der Waals surface area contributed by atoms with Crippen LogP contribution < -0.4 is 4.74 Å². The maximum atomic E-state index is 11.7. The number of carbonyl (C=O) groups is 3. The molecule has 0 aliphatic carbocycles. The molecule has 0 amide bonds. The van der Waals surface area contributed by atoms with Crippen LogP contribution in [0.5, 0.6) is 11.5 Å². The maximum absolute atomic E-state index is 11.7. The normalized spacial score (nSPS) is 17.1. The molecule has 10 heteroatoms. The highest BCUT2D eigenvalue weighted by Crippen LogP contribution is 2.45. The molecule has 0 radical (unpaired) electrons. The lowest BCUT2D eigenvalue weighted by Crippen LogP contribution is -2.26. The topological polar surface area (TPSA) is 130 Å². The summed E-state index contributed by atoms with van der Waals surface area (Å²) in [5.74, 6) is 0.0165. The number of aromatic hydroxyl groups is 1. The van der Waals surface area contributed by atoms with Gasteiger partial charge in [0, 0.05) is 35.2 Å². The first-order valence-corrected chi connectivity index (χ1v) is 13.0. The van der Waals surface area contributed by atoms with E-state index in [-0.39, 0.29) is 42.5 Å². The number of aliphatic carboxylic acids is 2. The quantitative estimate of drug-likeness (QED) is 0.238. The minimum absolute atomic E-state index is 0.00642. The summed E-state index contributed by atoms with van der Waals surface area (Å²) in [5, 5.41) is 28.6. The monoisotopic (exact) mass is 500 g/mol. The van der Waals surface area contributed by atoms with Crippen molar-refractivity contribution in [3.63, 3.8) is 0 Å². The van der Waals surface area contributed by atoms with Crippen molar-refractivity contribution in [1.29, 1.82) is 0 Å². The summed E-state index contributed by atoms with van der Waals surface area (Å²) in [6, 6.07) is 3.31.